The third-order valence-electron chi connectivity index (χ3n) is 9.61. The van der Waals surface area contributed by atoms with Crippen LogP contribution in [0.3, 0.4) is 0 Å². The van der Waals surface area contributed by atoms with E-state index < -0.39 is 0 Å². The Labute approximate surface area is 188 Å². The SMILES string of the molecule is CCCCCCC[C@H]1CC[C@H](C2CCC(C3CCCC(C#N)(CCC)C3)CC2)CC1. The molecule has 2 atom stereocenters. The van der Waals surface area contributed by atoms with Gasteiger partial charge in [0.05, 0.1) is 11.5 Å². The van der Waals surface area contributed by atoms with Gasteiger partial charge in [-0.05, 0) is 87.4 Å². The minimum absolute atomic E-state index is 0.0312. The Morgan fingerprint density at radius 1 is 0.700 bits per heavy atom. The highest BCUT2D eigenvalue weighted by Gasteiger charge is 2.40. The van der Waals surface area contributed by atoms with E-state index in [0.717, 1.165) is 36.0 Å². The van der Waals surface area contributed by atoms with Crippen LogP contribution < -0.4 is 0 Å². The standard InChI is InChI=1S/C29H51N/c1-3-5-6-7-8-10-24-12-14-25(15-13-24)26-16-18-27(19-17-26)28-11-9-21-29(22-28,23-30)20-4-2/h24-28H,3-22H2,1-2H3/t24-,25-,26?,27?,28?,29?. The first-order chi connectivity index (χ1) is 14.7. The van der Waals surface area contributed by atoms with Crippen LogP contribution in [0, 0.1) is 46.3 Å². The Morgan fingerprint density at radius 3 is 1.90 bits per heavy atom. The lowest BCUT2D eigenvalue weighted by molar-refractivity contribution is 0.0820. The molecular weight excluding hydrogens is 362 g/mol. The lowest BCUT2D eigenvalue weighted by Crippen LogP contribution is -2.34. The van der Waals surface area contributed by atoms with Gasteiger partial charge < -0.3 is 0 Å². The smallest absolute Gasteiger partial charge is 0.0689 e. The van der Waals surface area contributed by atoms with Crippen LogP contribution in [-0.4, -0.2) is 0 Å². The second kappa shape index (κ2) is 12.5. The molecule has 0 amide bonds. The molecule has 0 aliphatic heterocycles. The van der Waals surface area contributed by atoms with E-state index in [4.69, 9.17) is 0 Å². The van der Waals surface area contributed by atoms with Gasteiger partial charge in [-0.3, -0.25) is 0 Å². The summed E-state index contributed by atoms with van der Waals surface area (Å²) in [5.41, 5.74) is 0.0312. The molecule has 0 bridgehead atoms. The summed E-state index contributed by atoms with van der Waals surface area (Å²) in [6.45, 7) is 4.57. The van der Waals surface area contributed by atoms with Gasteiger partial charge >= 0.3 is 0 Å². The molecule has 3 saturated carbocycles. The zero-order valence-electron chi connectivity index (χ0n) is 20.5. The fourth-order valence-electron chi connectivity index (χ4n) is 7.75. The molecule has 1 heteroatoms. The van der Waals surface area contributed by atoms with Gasteiger partial charge in [0, 0.05) is 0 Å². The largest absolute Gasteiger partial charge is 0.198 e. The molecule has 0 aromatic heterocycles. The lowest BCUT2D eigenvalue weighted by Gasteiger charge is -2.43. The molecule has 172 valence electrons. The van der Waals surface area contributed by atoms with Crippen molar-refractivity contribution in [1.29, 1.82) is 5.26 Å². The van der Waals surface area contributed by atoms with Gasteiger partial charge in [0.15, 0.2) is 0 Å². The van der Waals surface area contributed by atoms with Crippen molar-refractivity contribution in [1.82, 2.24) is 0 Å². The molecule has 0 radical (unpaired) electrons. The molecule has 3 rings (SSSR count). The summed E-state index contributed by atoms with van der Waals surface area (Å²) in [5.74, 6) is 4.93. The molecule has 1 nitrogen and oxygen atoms in total. The van der Waals surface area contributed by atoms with Crippen molar-refractivity contribution in [2.24, 2.45) is 35.0 Å². The number of unbranched alkanes of at least 4 members (excludes halogenated alkanes) is 4. The third kappa shape index (κ3) is 6.74. The maximum absolute atomic E-state index is 9.86. The van der Waals surface area contributed by atoms with Crippen LogP contribution in [-0.2, 0) is 0 Å². The van der Waals surface area contributed by atoms with E-state index in [1.54, 1.807) is 0 Å². The van der Waals surface area contributed by atoms with Crippen molar-refractivity contribution in [3.63, 3.8) is 0 Å². The molecule has 0 aromatic carbocycles. The summed E-state index contributed by atoms with van der Waals surface area (Å²) < 4.78 is 0. The van der Waals surface area contributed by atoms with Crippen LogP contribution in [0.1, 0.15) is 142 Å². The lowest BCUT2D eigenvalue weighted by atomic mass is 9.61. The summed E-state index contributed by atoms with van der Waals surface area (Å²) in [5, 5.41) is 9.86. The summed E-state index contributed by atoms with van der Waals surface area (Å²) in [4.78, 5) is 0. The number of hydrogen-bond donors (Lipinski definition) is 0. The fourth-order valence-corrected chi connectivity index (χ4v) is 7.75. The quantitative estimate of drug-likeness (QED) is 0.327. The van der Waals surface area contributed by atoms with E-state index in [1.165, 1.54) is 122 Å². The molecule has 0 N–H and O–H groups in total. The fraction of sp³-hybridized carbons (Fsp3) is 0.966. The highest BCUT2D eigenvalue weighted by Crippen LogP contribution is 2.50. The molecule has 0 saturated heterocycles. The monoisotopic (exact) mass is 413 g/mol. The maximum atomic E-state index is 9.86. The zero-order valence-corrected chi connectivity index (χ0v) is 20.5. The Balaban J connectivity index is 1.35. The highest BCUT2D eigenvalue weighted by molar-refractivity contribution is 5.03. The van der Waals surface area contributed by atoms with E-state index in [0.29, 0.717) is 0 Å². The molecular formula is C29H51N. The van der Waals surface area contributed by atoms with E-state index in [2.05, 4.69) is 19.9 Å². The first-order valence-electron chi connectivity index (χ1n) is 14.1. The molecule has 2 unspecified atom stereocenters. The molecule has 0 spiro atoms. The van der Waals surface area contributed by atoms with Crippen molar-refractivity contribution in [3.05, 3.63) is 0 Å². The van der Waals surface area contributed by atoms with Gasteiger partial charge in [-0.2, -0.15) is 5.26 Å². The number of rotatable bonds is 10. The van der Waals surface area contributed by atoms with Crippen molar-refractivity contribution in [2.75, 3.05) is 0 Å². The van der Waals surface area contributed by atoms with E-state index in [1.807, 2.05) is 0 Å². The summed E-state index contributed by atoms with van der Waals surface area (Å²) in [6, 6.07) is 2.78. The first-order valence-corrected chi connectivity index (χ1v) is 14.1. The van der Waals surface area contributed by atoms with E-state index >= 15 is 0 Å². The summed E-state index contributed by atoms with van der Waals surface area (Å²) >= 11 is 0. The van der Waals surface area contributed by atoms with Crippen LogP contribution in [0.15, 0.2) is 0 Å². The molecule has 3 aliphatic rings. The zero-order chi connectivity index (χ0) is 21.2. The van der Waals surface area contributed by atoms with Crippen molar-refractivity contribution < 1.29 is 0 Å². The predicted molar refractivity (Wildman–Crippen MR) is 129 cm³/mol. The Morgan fingerprint density at radius 2 is 1.30 bits per heavy atom. The van der Waals surface area contributed by atoms with Crippen molar-refractivity contribution in [2.45, 2.75) is 142 Å². The predicted octanol–water partition coefficient (Wildman–Crippen LogP) is 9.46. The molecule has 30 heavy (non-hydrogen) atoms. The number of nitrogens with zero attached hydrogens (tertiary/aromatic N) is 1. The van der Waals surface area contributed by atoms with Gasteiger partial charge in [0.2, 0.25) is 0 Å². The van der Waals surface area contributed by atoms with Crippen LogP contribution >= 0.6 is 0 Å². The average Bonchev–Trinajstić information content (AvgIpc) is 2.80. The molecule has 3 aliphatic carbocycles. The van der Waals surface area contributed by atoms with Crippen LogP contribution in [0.4, 0.5) is 0 Å². The minimum Gasteiger partial charge on any atom is -0.198 e. The second-order valence-corrected chi connectivity index (χ2v) is 11.7. The van der Waals surface area contributed by atoms with E-state index in [-0.39, 0.29) is 5.41 Å². The van der Waals surface area contributed by atoms with Gasteiger partial charge in [-0.1, -0.05) is 84.5 Å². The van der Waals surface area contributed by atoms with Gasteiger partial charge in [-0.15, -0.1) is 0 Å². The van der Waals surface area contributed by atoms with Gasteiger partial charge in [-0.25, -0.2) is 0 Å². The molecule has 0 heterocycles. The normalized spacial score (nSPS) is 37.6. The van der Waals surface area contributed by atoms with Crippen LogP contribution in [0.5, 0.6) is 0 Å². The first kappa shape index (κ1) is 24.1. The number of hydrogen-bond acceptors (Lipinski definition) is 1. The van der Waals surface area contributed by atoms with Crippen LogP contribution in [0.2, 0.25) is 0 Å². The van der Waals surface area contributed by atoms with Crippen LogP contribution in [0.25, 0.3) is 0 Å². The van der Waals surface area contributed by atoms with E-state index in [9.17, 15) is 5.26 Å². The Hall–Kier alpha value is -0.510. The Kier molecular flexibility index (Phi) is 10.1. The second-order valence-electron chi connectivity index (χ2n) is 11.7. The molecule has 3 fully saturated rings. The third-order valence-corrected chi connectivity index (χ3v) is 9.61. The molecule has 0 aromatic rings. The highest BCUT2D eigenvalue weighted by atomic mass is 14.5. The summed E-state index contributed by atoms with van der Waals surface area (Å²) in [6.07, 6.45) is 28.2. The topological polar surface area (TPSA) is 23.8 Å². The minimum atomic E-state index is 0.0312. The van der Waals surface area contributed by atoms with Gasteiger partial charge in [0.25, 0.3) is 0 Å². The van der Waals surface area contributed by atoms with Crippen molar-refractivity contribution in [3.8, 4) is 6.07 Å². The Bertz CT molecular complexity index is 499. The maximum Gasteiger partial charge on any atom is 0.0689 e. The van der Waals surface area contributed by atoms with Crippen molar-refractivity contribution >= 4 is 0 Å². The average molecular weight is 414 g/mol. The summed E-state index contributed by atoms with van der Waals surface area (Å²) in [7, 11) is 0. The number of nitriles is 1. The van der Waals surface area contributed by atoms with Gasteiger partial charge in [0.1, 0.15) is 0 Å².